The molecule has 1 aromatic carbocycles. The van der Waals surface area contributed by atoms with Gasteiger partial charge in [-0.05, 0) is 18.6 Å². The molecule has 0 spiro atoms. The summed E-state index contributed by atoms with van der Waals surface area (Å²) in [5, 5.41) is 11.2. The van der Waals surface area contributed by atoms with Gasteiger partial charge in [0.1, 0.15) is 0 Å². The Kier molecular flexibility index (Phi) is 3.27. The highest BCUT2D eigenvalue weighted by atomic mass is 16.6. The molecule has 94 valence electrons. The number of nitrogens with zero attached hydrogens (tertiary/aromatic N) is 1. The lowest BCUT2D eigenvalue weighted by atomic mass is 10.2. The summed E-state index contributed by atoms with van der Waals surface area (Å²) in [4.78, 5) is 22.0. The molecule has 2 aromatic rings. The molecular weight excluding hydrogens is 238 g/mol. The van der Waals surface area contributed by atoms with Crippen LogP contribution < -0.4 is 10.2 Å². The van der Waals surface area contributed by atoms with Gasteiger partial charge in [-0.25, -0.2) is 0 Å². The Morgan fingerprint density at radius 3 is 2.83 bits per heavy atom. The molecule has 0 unspecified atom stereocenters. The van der Waals surface area contributed by atoms with Crippen LogP contribution in [0.2, 0.25) is 0 Å². The van der Waals surface area contributed by atoms with Gasteiger partial charge in [-0.2, -0.15) is 0 Å². The van der Waals surface area contributed by atoms with Crippen LogP contribution in [0.3, 0.4) is 0 Å². The minimum Gasteiger partial charge on any atom is -0.487 e. The predicted octanol–water partition coefficient (Wildman–Crippen LogP) is 2.49. The van der Waals surface area contributed by atoms with E-state index in [4.69, 9.17) is 9.15 Å². The standard InChI is InChI=1S/C12H11NO5/c1-2-6-17-10-4-3-8-9(14)5-7-18-12(8)11(10)13(15)16/h3-5,7H,2,6H2,1H3. The maximum atomic E-state index is 11.6. The zero-order valence-corrected chi connectivity index (χ0v) is 9.71. The Bertz CT molecular complexity index is 646. The molecule has 2 rings (SSSR count). The van der Waals surface area contributed by atoms with Gasteiger partial charge < -0.3 is 9.15 Å². The summed E-state index contributed by atoms with van der Waals surface area (Å²) < 4.78 is 10.4. The molecule has 0 bridgehead atoms. The van der Waals surface area contributed by atoms with E-state index in [0.29, 0.717) is 6.61 Å². The van der Waals surface area contributed by atoms with Crippen molar-refractivity contribution in [3.05, 3.63) is 44.8 Å². The Balaban J connectivity index is 2.70. The first kappa shape index (κ1) is 12.1. The van der Waals surface area contributed by atoms with Crippen molar-refractivity contribution in [2.24, 2.45) is 0 Å². The second-order valence-electron chi connectivity index (χ2n) is 3.68. The lowest BCUT2D eigenvalue weighted by Gasteiger charge is -2.06. The Labute approximate surface area is 102 Å². The topological polar surface area (TPSA) is 82.6 Å². The maximum Gasteiger partial charge on any atom is 0.353 e. The average molecular weight is 249 g/mol. The number of hydrogen-bond acceptors (Lipinski definition) is 5. The molecule has 0 amide bonds. The van der Waals surface area contributed by atoms with Crippen LogP contribution in [0.25, 0.3) is 11.0 Å². The number of hydrogen-bond donors (Lipinski definition) is 0. The summed E-state index contributed by atoms with van der Waals surface area (Å²) >= 11 is 0. The van der Waals surface area contributed by atoms with Gasteiger partial charge in [0.15, 0.2) is 5.43 Å². The van der Waals surface area contributed by atoms with E-state index in [-0.39, 0.29) is 27.8 Å². The highest BCUT2D eigenvalue weighted by Gasteiger charge is 2.23. The fourth-order valence-corrected chi connectivity index (χ4v) is 1.62. The molecule has 6 nitrogen and oxygen atoms in total. The normalized spacial score (nSPS) is 10.5. The van der Waals surface area contributed by atoms with Crippen molar-refractivity contribution in [2.45, 2.75) is 13.3 Å². The number of nitro benzene ring substituents is 1. The second kappa shape index (κ2) is 4.87. The summed E-state index contributed by atoms with van der Waals surface area (Å²) in [6.07, 6.45) is 1.87. The third-order valence-electron chi connectivity index (χ3n) is 2.41. The Hall–Kier alpha value is -2.37. The fourth-order valence-electron chi connectivity index (χ4n) is 1.62. The fraction of sp³-hybridized carbons (Fsp3) is 0.250. The van der Waals surface area contributed by atoms with Gasteiger partial charge in [-0.3, -0.25) is 14.9 Å². The van der Waals surface area contributed by atoms with Crippen LogP contribution >= 0.6 is 0 Å². The van der Waals surface area contributed by atoms with Crippen LogP contribution in [0.15, 0.2) is 33.7 Å². The van der Waals surface area contributed by atoms with E-state index in [1.165, 1.54) is 18.2 Å². The van der Waals surface area contributed by atoms with E-state index in [9.17, 15) is 14.9 Å². The average Bonchev–Trinajstić information content (AvgIpc) is 2.35. The molecule has 1 heterocycles. The lowest BCUT2D eigenvalue weighted by molar-refractivity contribution is -0.384. The van der Waals surface area contributed by atoms with Crippen molar-refractivity contribution in [3.8, 4) is 5.75 Å². The summed E-state index contributed by atoms with van der Waals surface area (Å²) in [5.74, 6) is 0.115. The molecule has 0 aliphatic heterocycles. The van der Waals surface area contributed by atoms with E-state index in [0.717, 1.165) is 12.7 Å². The Morgan fingerprint density at radius 1 is 1.39 bits per heavy atom. The number of fused-ring (bicyclic) bond motifs is 1. The molecule has 0 atom stereocenters. The molecule has 0 saturated heterocycles. The predicted molar refractivity (Wildman–Crippen MR) is 64.9 cm³/mol. The second-order valence-corrected chi connectivity index (χ2v) is 3.68. The van der Waals surface area contributed by atoms with Gasteiger partial charge in [0.05, 0.1) is 23.2 Å². The molecule has 0 N–H and O–H groups in total. The summed E-state index contributed by atoms with van der Waals surface area (Å²) in [5.41, 5.74) is -0.679. The van der Waals surface area contributed by atoms with E-state index >= 15 is 0 Å². The minimum atomic E-state index is -0.601. The van der Waals surface area contributed by atoms with Crippen molar-refractivity contribution in [1.29, 1.82) is 0 Å². The molecule has 0 aliphatic carbocycles. The molecule has 6 heteroatoms. The monoisotopic (exact) mass is 249 g/mol. The van der Waals surface area contributed by atoms with Crippen molar-refractivity contribution < 1.29 is 14.1 Å². The third kappa shape index (κ3) is 2.04. The van der Waals surface area contributed by atoms with Crippen LogP contribution in [-0.2, 0) is 0 Å². The van der Waals surface area contributed by atoms with E-state index in [1.807, 2.05) is 6.92 Å². The van der Waals surface area contributed by atoms with E-state index in [1.54, 1.807) is 0 Å². The number of ether oxygens (including phenoxy) is 1. The van der Waals surface area contributed by atoms with Crippen molar-refractivity contribution in [2.75, 3.05) is 6.61 Å². The van der Waals surface area contributed by atoms with Crippen LogP contribution in [0, 0.1) is 10.1 Å². The maximum absolute atomic E-state index is 11.6. The zero-order chi connectivity index (χ0) is 13.1. The molecule has 0 saturated carbocycles. The number of rotatable bonds is 4. The van der Waals surface area contributed by atoms with Gasteiger partial charge in [-0.1, -0.05) is 6.92 Å². The van der Waals surface area contributed by atoms with Crippen molar-refractivity contribution in [1.82, 2.24) is 0 Å². The van der Waals surface area contributed by atoms with Crippen molar-refractivity contribution >= 4 is 16.7 Å². The molecule has 0 aliphatic rings. The number of nitro groups is 1. The smallest absolute Gasteiger partial charge is 0.353 e. The van der Waals surface area contributed by atoms with E-state index in [2.05, 4.69) is 0 Å². The first-order valence-electron chi connectivity index (χ1n) is 5.47. The molecule has 1 aromatic heterocycles. The highest BCUT2D eigenvalue weighted by molar-refractivity contribution is 5.88. The highest BCUT2D eigenvalue weighted by Crippen LogP contribution is 2.33. The molecular formula is C12H11NO5. The summed E-state index contributed by atoms with van der Waals surface area (Å²) in [6, 6.07) is 4.12. The first-order valence-corrected chi connectivity index (χ1v) is 5.47. The minimum absolute atomic E-state index is 0.0545. The van der Waals surface area contributed by atoms with Crippen LogP contribution in [0.5, 0.6) is 5.75 Å². The van der Waals surface area contributed by atoms with Crippen LogP contribution in [0.1, 0.15) is 13.3 Å². The first-order chi connectivity index (χ1) is 8.65. The molecule has 0 radical (unpaired) electrons. The zero-order valence-electron chi connectivity index (χ0n) is 9.71. The van der Waals surface area contributed by atoms with Gasteiger partial charge in [0.25, 0.3) is 0 Å². The lowest BCUT2D eigenvalue weighted by Crippen LogP contribution is -2.03. The van der Waals surface area contributed by atoms with Gasteiger partial charge in [-0.15, -0.1) is 0 Å². The Morgan fingerprint density at radius 2 is 2.17 bits per heavy atom. The summed E-state index contributed by atoms with van der Waals surface area (Å²) in [7, 11) is 0. The van der Waals surface area contributed by atoms with Gasteiger partial charge in [0.2, 0.25) is 11.3 Å². The largest absolute Gasteiger partial charge is 0.487 e. The number of benzene rings is 1. The van der Waals surface area contributed by atoms with Crippen LogP contribution in [0.4, 0.5) is 5.69 Å². The summed E-state index contributed by atoms with van der Waals surface area (Å²) in [6.45, 7) is 2.26. The van der Waals surface area contributed by atoms with Gasteiger partial charge >= 0.3 is 5.69 Å². The molecule has 0 fully saturated rings. The van der Waals surface area contributed by atoms with Gasteiger partial charge in [0, 0.05) is 6.07 Å². The molecule has 18 heavy (non-hydrogen) atoms. The van der Waals surface area contributed by atoms with Crippen molar-refractivity contribution in [3.63, 3.8) is 0 Å². The van der Waals surface area contributed by atoms with E-state index < -0.39 is 4.92 Å². The third-order valence-corrected chi connectivity index (χ3v) is 2.41. The van der Waals surface area contributed by atoms with Crippen LogP contribution in [-0.4, -0.2) is 11.5 Å². The SMILES string of the molecule is CCCOc1ccc2c(=O)ccoc2c1[N+](=O)[O-]. The quantitative estimate of drug-likeness (QED) is 0.614.